The maximum absolute atomic E-state index is 11.8. The van der Waals surface area contributed by atoms with Crippen molar-refractivity contribution in [2.45, 2.75) is 39.2 Å². The van der Waals surface area contributed by atoms with Crippen LogP contribution in [0.25, 0.3) is 0 Å². The van der Waals surface area contributed by atoms with Crippen molar-refractivity contribution < 1.29 is 9.59 Å². The summed E-state index contributed by atoms with van der Waals surface area (Å²) >= 11 is 0. The van der Waals surface area contributed by atoms with Crippen LogP contribution in [0.2, 0.25) is 0 Å². The van der Waals surface area contributed by atoms with Crippen molar-refractivity contribution in [2.24, 2.45) is 5.92 Å². The fourth-order valence-corrected chi connectivity index (χ4v) is 2.51. The predicted octanol–water partition coefficient (Wildman–Crippen LogP) is 0.724. The number of hydrogen-bond donors (Lipinski definition) is 2. The summed E-state index contributed by atoms with van der Waals surface area (Å²) in [6.07, 6.45) is 5.36. The average molecular weight is 319 g/mol. The van der Waals surface area contributed by atoms with E-state index >= 15 is 0 Å². The van der Waals surface area contributed by atoms with Gasteiger partial charge in [-0.1, -0.05) is 0 Å². The summed E-state index contributed by atoms with van der Waals surface area (Å²) in [5.41, 5.74) is -0.407. The molecule has 0 saturated carbocycles. The van der Waals surface area contributed by atoms with Gasteiger partial charge in [-0.3, -0.25) is 9.59 Å². The summed E-state index contributed by atoms with van der Waals surface area (Å²) in [5.74, 6) is -0.0118. The molecule has 0 spiro atoms. The van der Waals surface area contributed by atoms with Crippen LogP contribution in [0.4, 0.5) is 5.95 Å². The lowest BCUT2D eigenvalue weighted by Gasteiger charge is -2.31. The van der Waals surface area contributed by atoms with Gasteiger partial charge in [-0.25, -0.2) is 9.97 Å². The summed E-state index contributed by atoms with van der Waals surface area (Å²) in [7, 11) is 0. The van der Waals surface area contributed by atoms with E-state index in [4.69, 9.17) is 0 Å². The number of carbonyl (C=O) groups is 2. The van der Waals surface area contributed by atoms with Gasteiger partial charge in [-0.15, -0.1) is 0 Å². The molecule has 126 valence electrons. The first-order chi connectivity index (χ1) is 10.8. The molecule has 1 aromatic rings. The highest BCUT2D eigenvalue weighted by atomic mass is 16.2. The van der Waals surface area contributed by atoms with Gasteiger partial charge in [-0.05, 0) is 45.6 Å². The van der Waals surface area contributed by atoms with Crippen molar-refractivity contribution in [3.8, 4) is 0 Å². The molecule has 1 fully saturated rings. The molecular formula is C16H25N5O2. The van der Waals surface area contributed by atoms with E-state index in [0.717, 1.165) is 31.9 Å². The molecule has 0 unspecified atom stereocenters. The van der Waals surface area contributed by atoms with Gasteiger partial charge >= 0.3 is 11.8 Å². The first kappa shape index (κ1) is 17.2. The van der Waals surface area contributed by atoms with E-state index in [1.165, 1.54) is 0 Å². The lowest BCUT2D eigenvalue weighted by molar-refractivity contribution is -0.140. The zero-order chi connectivity index (χ0) is 16.9. The number of carbonyl (C=O) groups excluding carboxylic acids is 2. The SMILES string of the molecule is CC(C)(C)NC(=O)C(=O)NCC1CCN(c2ncccn2)CC1. The minimum atomic E-state index is -0.576. The third-order valence-corrected chi connectivity index (χ3v) is 3.70. The molecule has 1 aromatic heterocycles. The van der Waals surface area contributed by atoms with Crippen molar-refractivity contribution in [2.75, 3.05) is 24.5 Å². The van der Waals surface area contributed by atoms with E-state index in [2.05, 4.69) is 25.5 Å². The number of aromatic nitrogens is 2. The van der Waals surface area contributed by atoms with E-state index in [9.17, 15) is 9.59 Å². The van der Waals surface area contributed by atoms with Crippen molar-refractivity contribution in [3.05, 3.63) is 18.5 Å². The second-order valence-electron chi connectivity index (χ2n) is 6.89. The molecular weight excluding hydrogens is 294 g/mol. The Hall–Kier alpha value is -2.18. The summed E-state index contributed by atoms with van der Waals surface area (Å²) in [5, 5.41) is 5.39. The Kier molecular flexibility index (Phi) is 5.52. The Morgan fingerprint density at radius 3 is 2.35 bits per heavy atom. The van der Waals surface area contributed by atoms with Gasteiger partial charge in [0.05, 0.1) is 0 Å². The second kappa shape index (κ2) is 7.39. The molecule has 0 bridgehead atoms. The minimum absolute atomic E-state index is 0.376. The van der Waals surface area contributed by atoms with Gasteiger partial charge in [-0.2, -0.15) is 0 Å². The van der Waals surface area contributed by atoms with Crippen LogP contribution in [0.3, 0.4) is 0 Å². The first-order valence-corrected chi connectivity index (χ1v) is 7.97. The molecule has 1 aliphatic heterocycles. The summed E-state index contributed by atoms with van der Waals surface area (Å²) < 4.78 is 0. The molecule has 1 saturated heterocycles. The smallest absolute Gasteiger partial charge is 0.309 e. The summed E-state index contributed by atoms with van der Waals surface area (Å²) in [4.78, 5) is 34.2. The topological polar surface area (TPSA) is 87.2 Å². The van der Waals surface area contributed by atoms with Gasteiger partial charge in [0.25, 0.3) is 0 Å². The Morgan fingerprint density at radius 2 is 1.78 bits per heavy atom. The Bertz CT molecular complexity index is 533. The molecule has 0 radical (unpaired) electrons. The van der Waals surface area contributed by atoms with E-state index in [1.54, 1.807) is 18.5 Å². The maximum Gasteiger partial charge on any atom is 0.309 e. The molecule has 0 aromatic carbocycles. The van der Waals surface area contributed by atoms with Crippen LogP contribution < -0.4 is 15.5 Å². The van der Waals surface area contributed by atoms with E-state index in [1.807, 2.05) is 20.8 Å². The molecule has 1 aliphatic rings. The lowest BCUT2D eigenvalue weighted by Crippen LogP contribution is -2.49. The fraction of sp³-hybridized carbons (Fsp3) is 0.625. The van der Waals surface area contributed by atoms with Gasteiger partial charge in [0.15, 0.2) is 0 Å². The lowest BCUT2D eigenvalue weighted by atomic mass is 9.97. The summed E-state index contributed by atoms with van der Waals surface area (Å²) in [6, 6.07) is 1.80. The standard InChI is InChI=1S/C16H25N5O2/c1-16(2,3)20-14(23)13(22)19-11-12-5-9-21(10-6-12)15-17-7-4-8-18-15/h4,7-8,12H,5-6,9-11H2,1-3H3,(H,19,22)(H,20,23). The highest BCUT2D eigenvalue weighted by Crippen LogP contribution is 2.19. The summed E-state index contributed by atoms with van der Waals surface area (Å²) in [6.45, 7) is 7.79. The van der Waals surface area contributed by atoms with E-state index < -0.39 is 17.4 Å². The van der Waals surface area contributed by atoms with Gasteiger partial charge in [0.1, 0.15) is 0 Å². The number of anilines is 1. The Balaban J connectivity index is 1.72. The Labute approximate surface area is 136 Å². The number of amides is 2. The number of nitrogens with one attached hydrogen (secondary N) is 2. The van der Waals surface area contributed by atoms with Gasteiger partial charge < -0.3 is 15.5 Å². The predicted molar refractivity (Wildman–Crippen MR) is 87.9 cm³/mol. The zero-order valence-corrected chi connectivity index (χ0v) is 14.0. The van der Waals surface area contributed by atoms with Crippen LogP contribution in [0.15, 0.2) is 18.5 Å². The second-order valence-corrected chi connectivity index (χ2v) is 6.89. The highest BCUT2D eigenvalue weighted by Gasteiger charge is 2.24. The van der Waals surface area contributed by atoms with Crippen LogP contribution in [-0.2, 0) is 9.59 Å². The highest BCUT2D eigenvalue weighted by molar-refractivity contribution is 6.35. The van der Waals surface area contributed by atoms with Crippen molar-refractivity contribution >= 4 is 17.8 Å². The molecule has 2 heterocycles. The van der Waals surface area contributed by atoms with Crippen LogP contribution in [-0.4, -0.2) is 47.0 Å². The quantitative estimate of drug-likeness (QED) is 0.802. The molecule has 0 atom stereocenters. The third-order valence-electron chi connectivity index (χ3n) is 3.70. The van der Waals surface area contributed by atoms with Crippen LogP contribution >= 0.6 is 0 Å². The first-order valence-electron chi connectivity index (χ1n) is 7.97. The maximum atomic E-state index is 11.8. The third kappa shape index (κ3) is 5.50. The van der Waals surface area contributed by atoms with Crippen molar-refractivity contribution in [1.82, 2.24) is 20.6 Å². The zero-order valence-electron chi connectivity index (χ0n) is 14.0. The minimum Gasteiger partial charge on any atom is -0.348 e. The Morgan fingerprint density at radius 1 is 1.17 bits per heavy atom. The molecule has 23 heavy (non-hydrogen) atoms. The number of nitrogens with zero attached hydrogens (tertiary/aromatic N) is 3. The molecule has 0 aliphatic carbocycles. The normalized spacial score (nSPS) is 16.0. The fourth-order valence-electron chi connectivity index (χ4n) is 2.51. The monoisotopic (exact) mass is 319 g/mol. The van der Waals surface area contributed by atoms with Crippen LogP contribution in [0.5, 0.6) is 0 Å². The number of hydrogen-bond acceptors (Lipinski definition) is 5. The van der Waals surface area contributed by atoms with Crippen LogP contribution in [0, 0.1) is 5.92 Å². The number of rotatable bonds is 3. The van der Waals surface area contributed by atoms with Gasteiger partial charge in [0.2, 0.25) is 5.95 Å². The van der Waals surface area contributed by atoms with Crippen molar-refractivity contribution in [1.29, 1.82) is 0 Å². The van der Waals surface area contributed by atoms with Crippen molar-refractivity contribution in [3.63, 3.8) is 0 Å². The van der Waals surface area contributed by atoms with Gasteiger partial charge in [0, 0.05) is 37.6 Å². The molecule has 2 rings (SSSR count). The average Bonchev–Trinajstić information content (AvgIpc) is 2.52. The number of piperidine rings is 1. The molecule has 2 N–H and O–H groups in total. The van der Waals surface area contributed by atoms with E-state index in [0.29, 0.717) is 12.5 Å². The molecule has 2 amide bonds. The molecule has 7 heteroatoms. The van der Waals surface area contributed by atoms with E-state index in [-0.39, 0.29) is 0 Å². The van der Waals surface area contributed by atoms with Crippen LogP contribution in [0.1, 0.15) is 33.6 Å². The largest absolute Gasteiger partial charge is 0.348 e. The molecule has 7 nitrogen and oxygen atoms in total.